The summed E-state index contributed by atoms with van der Waals surface area (Å²) in [5, 5.41) is 0. The van der Waals surface area contributed by atoms with Crippen LogP contribution in [-0.4, -0.2) is 12.4 Å². The van der Waals surface area contributed by atoms with Gasteiger partial charge in [-0.1, -0.05) is 32.8 Å². The Morgan fingerprint density at radius 3 is 2.58 bits per heavy atom. The first-order valence-corrected chi connectivity index (χ1v) is 7.33. The topological polar surface area (TPSA) is 26.3 Å². The third-order valence-electron chi connectivity index (χ3n) is 3.93. The number of hydrogen-bond donors (Lipinski definition) is 0. The zero-order valence-electron chi connectivity index (χ0n) is 12.2. The van der Waals surface area contributed by atoms with Crippen LogP contribution in [0, 0.1) is 12.8 Å². The number of ketones is 1. The third kappa shape index (κ3) is 3.82. The number of Topliss-reactive ketones (excluding diaryl/α,β-unsaturated/α-hetero) is 1. The molecule has 19 heavy (non-hydrogen) atoms. The van der Waals surface area contributed by atoms with Gasteiger partial charge in [-0.15, -0.1) is 0 Å². The van der Waals surface area contributed by atoms with Crippen molar-refractivity contribution in [1.29, 1.82) is 0 Å². The van der Waals surface area contributed by atoms with E-state index in [4.69, 9.17) is 4.74 Å². The fraction of sp³-hybridized carbons (Fsp3) is 0.588. The molecule has 0 aromatic heterocycles. The number of carbonyl (C=O) groups excluding carboxylic acids is 1. The second kappa shape index (κ2) is 6.23. The molecule has 0 bridgehead atoms. The molecule has 0 heterocycles. The van der Waals surface area contributed by atoms with E-state index in [-0.39, 0.29) is 18.3 Å². The smallest absolute Gasteiger partial charge is 0.173 e. The summed E-state index contributed by atoms with van der Waals surface area (Å²) in [5.41, 5.74) is 2.46. The van der Waals surface area contributed by atoms with E-state index in [9.17, 15) is 4.79 Å². The summed E-state index contributed by atoms with van der Waals surface area (Å²) in [6.45, 7) is 6.63. The highest BCUT2D eigenvalue weighted by Gasteiger charge is 2.22. The van der Waals surface area contributed by atoms with Gasteiger partial charge in [0.1, 0.15) is 12.4 Å². The number of aryl methyl sites for hydroxylation is 1. The largest absolute Gasteiger partial charge is 0.486 e. The van der Waals surface area contributed by atoms with Gasteiger partial charge < -0.3 is 4.74 Å². The lowest BCUT2D eigenvalue weighted by Crippen LogP contribution is -2.19. The molecule has 0 radical (unpaired) electrons. The van der Waals surface area contributed by atoms with E-state index in [1.54, 1.807) is 0 Å². The Morgan fingerprint density at radius 1 is 1.26 bits per heavy atom. The number of carbonyl (C=O) groups is 1. The van der Waals surface area contributed by atoms with Crippen molar-refractivity contribution in [2.45, 2.75) is 52.4 Å². The standard InChI is InChI=1S/C17H24O2/c1-12(2)15-8-13(3)9-16(10-15)19-11-17(18)14-6-4-5-7-14/h8-10,12,14H,4-7,11H2,1-3H3. The minimum absolute atomic E-state index is 0.228. The molecule has 2 heteroatoms. The minimum Gasteiger partial charge on any atom is -0.486 e. The SMILES string of the molecule is Cc1cc(OCC(=O)C2CCCC2)cc(C(C)C)c1. The van der Waals surface area contributed by atoms with Gasteiger partial charge in [0.25, 0.3) is 0 Å². The summed E-state index contributed by atoms with van der Waals surface area (Å²) >= 11 is 0. The molecule has 2 rings (SSSR count). The summed E-state index contributed by atoms with van der Waals surface area (Å²) in [6, 6.07) is 6.24. The summed E-state index contributed by atoms with van der Waals surface area (Å²) in [6.07, 6.45) is 4.48. The first kappa shape index (κ1) is 14.1. The van der Waals surface area contributed by atoms with Crippen LogP contribution in [0.25, 0.3) is 0 Å². The Balaban J connectivity index is 1.97. The van der Waals surface area contributed by atoms with Crippen LogP contribution in [0.4, 0.5) is 0 Å². The Kier molecular flexibility index (Phi) is 4.62. The Morgan fingerprint density at radius 2 is 1.95 bits per heavy atom. The highest BCUT2D eigenvalue weighted by atomic mass is 16.5. The average molecular weight is 260 g/mol. The zero-order chi connectivity index (χ0) is 13.8. The van der Waals surface area contributed by atoms with E-state index in [2.05, 4.69) is 32.9 Å². The maximum absolute atomic E-state index is 12.0. The highest BCUT2D eigenvalue weighted by Crippen LogP contribution is 2.26. The molecule has 104 valence electrons. The lowest BCUT2D eigenvalue weighted by Gasteiger charge is -2.13. The van der Waals surface area contributed by atoms with Crippen LogP contribution in [0.1, 0.15) is 56.6 Å². The van der Waals surface area contributed by atoms with Crippen molar-refractivity contribution < 1.29 is 9.53 Å². The molecule has 0 atom stereocenters. The van der Waals surface area contributed by atoms with Gasteiger partial charge in [-0.25, -0.2) is 0 Å². The van der Waals surface area contributed by atoms with Gasteiger partial charge in [-0.05, 0) is 48.9 Å². The van der Waals surface area contributed by atoms with E-state index < -0.39 is 0 Å². The van der Waals surface area contributed by atoms with E-state index in [0.717, 1.165) is 18.6 Å². The predicted octanol–water partition coefficient (Wildman–Crippen LogP) is 4.26. The van der Waals surface area contributed by atoms with Gasteiger partial charge in [0, 0.05) is 5.92 Å². The van der Waals surface area contributed by atoms with E-state index in [1.165, 1.54) is 24.0 Å². The molecule has 1 aliphatic carbocycles. The number of rotatable bonds is 5. The van der Waals surface area contributed by atoms with Gasteiger partial charge in [0.2, 0.25) is 0 Å². The Bertz CT molecular complexity index is 443. The van der Waals surface area contributed by atoms with Crippen LogP contribution in [0.15, 0.2) is 18.2 Å². The van der Waals surface area contributed by atoms with Crippen LogP contribution in [0.2, 0.25) is 0 Å². The van der Waals surface area contributed by atoms with Crippen molar-refractivity contribution in [3.05, 3.63) is 29.3 Å². The molecule has 0 spiro atoms. The maximum Gasteiger partial charge on any atom is 0.173 e. The second-order valence-corrected chi connectivity index (χ2v) is 5.97. The zero-order valence-corrected chi connectivity index (χ0v) is 12.2. The lowest BCUT2D eigenvalue weighted by atomic mass is 10.0. The van der Waals surface area contributed by atoms with Crippen LogP contribution in [-0.2, 0) is 4.79 Å². The number of benzene rings is 1. The number of ether oxygens (including phenoxy) is 1. The minimum atomic E-state index is 0.228. The van der Waals surface area contributed by atoms with Crippen molar-refractivity contribution in [2.24, 2.45) is 5.92 Å². The maximum atomic E-state index is 12.0. The third-order valence-corrected chi connectivity index (χ3v) is 3.93. The van der Waals surface area contributed by atoms with Crippen LogP contribution >= 0.6 is 0 Å². The van der Waals surface area contributed by atoms with Crippen LogP contribution < -0.4 is 4.74 Å². The molecule has 1 aromatic rings. The van der Waals surface area contributed by atoms with Crippen molar-refractivity contribution in [3.8, 4) is 5.75 Å². The molecule has 0 aliphatic heterocycles. The summed E-state index contributed by atoms with van der Waals surface area (Å²) in [4.78, 5) is 12.0. The average Bonchev–Trinajstić information content (AvgIpc) is 2.89. The monoisotopic (exact) mass is 260 g/mol. The van der Waals surface area contributed by atoms with Crippen LogP contribution in [0.3, 0.4) is 0 Å². The van der Waals surface area contributed by atoms with Crippen molar-refractivity contribution >= 4 is 5.78 Å². The lowest BCUT2D eigenvalue weighted by molar-refractivity contribution is -0.124. The highest BCUT2D eigenvalue weighted by molar-refractivity contribution is 5.82. The summed E-state index contributed by atoms with van der Waals surface area (Å²) in [7, 11) is 0. The van der Waals surface area contributed by atoms with Gasteiger partial charge >= 0.3 is 0 Å². The first-order chi connectivity index (χ1) is 9.06. The fourth-order valence-corrected chi connectivity index (χ4v) is 2.71. The molecule has 2 nitrogen and oxygen atoms in total. The normalized spacial score (nSPS) is 16.0. The predicted molar refractivity (Wildman–Crippen MR) is 77.7 cm³/mol. The van der Waals surface area contributed by atoms with Gasteiger partial charge in [-0.2, -0.15) is 0 Å². The fourth-order valence-electron chi connectivity index (χ4n) is 2.71. The van der Waals surface area contributed by atoms with Gasteiger partial charge in [0.05, 0.1) is 0 Å². The quantitative estimate of drug-likeness (QED) is 0.791. The number of hydrogen-bond acceptors (Lipinski definition) is 2. The molecule has 1 aliphatic rings. The molecule has 0 saturated heterocycles. The van der Waals surface area contributed by atoms with Gasteiger partial charge in [0.15, 0.2) is 5.78 Å². The van der Waals surface area contributed by atoms with Crippen molar-refractivity contribution in [1.82, 2.24) is 0 Å². The Labute approximate surface area is 116 Å². The molecular weight excluding hydrogens is 236 g/mol. The molecule has 0 amide bonds. The second-order valence-electron chi connectivity index (χ2n) is 5.97. The molecule has 0 unspecified atom stereocenters. The first-order valence-electron chi connectivity index (χ1n) is 7.33. The van der Waals surface area contributed by atoms with E-state index >= 15 is 0 Å². The van der Waals surface area contributed by atoms with Crippen molar-refractivity contribution in [3.63, 3.8) is 0 Å². The van der Waals surface area contributed by atoms with E-state index in [1.807, 2.05) is 6.07 Å². The summed E-state index contributed by atoms with van der Waals surface area (Å²) in [5.74, 6) is 1.82. The molecule has 1 saturated carbocycles. The van der Waals surface area contributed by atoms with Crippen molar-refractivity contribution in [2.75, 3.05) is 6.61 Å². The van der Waals surface area contributed by atoms with Gasteiger partial charge in [-0.3, -0.25) is 4.79 Å². The molecular formula is C17H24O2. The van der Waals surface area contributed by atoms with E-state index in [0.29, 0.717) is 5.92 Å². The Hall–Kier alpha value is -1.31. The molecule has 1 fully saturated rings. The van der Waals surface area contributed by atoms with Crippen LogP contribution in [0.5, 0.6) is 5.75 Å². The summed E-state index contributed by atoms with van der Waals surface area (Å²) < 4.78 is 5.70. The molecule has 1 aromatic carbocycles. The molecule has 0 N–H and O–H groups in total.